The number of aromatic nitrogens is 1. The maximum absolute atomic E-state index is 15.1. The van der Waals surface area contributed by atoms with Crippen LogP contribution in [0, 0.1) is 22.7 Å². The number of nitriles is 2. The van der Waals surface area contributed by atoms with Gasteiger partial charge in [-0.05, 0) is 41.5 Å². The van der Waals surface area contributed by atoms with E-state index in [1.54, 1.807) is 24.3 Å². The summed E-state index contributed by atoms with van der Waals surface area (Å²) >= 11 is 0. The van der Waals surface area contributed by atoms with Crippen molar-refractivity contribution in [2.45, 2.75) is 0 Å². The maximum atomic E-state index is 15.1. The number of hydrogen-bond acceptors (Lipinski definition) is 4. The van der Waals surface area contributed by atoms with Crippen LogP contribution < -0.4 is 4.90 Å². The molecule has 6 heteroatoms. The van der Waals surface area contributed by atoms with Gasteiger partial charge in [-0.1, -0.05) is 127 Å². The molecular formula is C46H26N4O2. The number of para-hydroxylation sites is 3. The van der Waals surface area contributed by atoms with Crippen LogP contribution in [0.5, 0.6) is 0 Å². The third-order valence-corrected chi connectivity index (χ3v) is 9.82. The van der Waals surface area contributed by atoms with E-state index in [1.165, 1.54) is 4.90 Å². The monoisotopic (exact) mass is 666 g/mol. The first-order valence-corrected chi connectivity index (χ1v) is 16.8. The Balaban J connectivity index is 1.32. The highest BCUT2D eigenvalue weighted by molar-refractivity contribution is 6.37. The highest BCUT2D eigenvalue weighted by Crippen LogP contribution is 2.45. The molecule has 0 saturated carbocycles. The zero-order valence-electron chi connectivity index (χ0n) is 27.6. The number of fused-ring (bicyclic) bond motifs is 4. The molecular weight excluding hydrogens is 641 g/mol. The Morgan fingerprint density at radius 2 is 1.08 bits per heavy atom. The van der Waals surface area contributed by atoms with Crippen LogP contribution in [0.4, 0.5) is 5.69 Å². The number of carbonyl (C=O) groups is 2. The van der Waals surface area contributed by atoms with Crippen LogP contribution in [0.3, 0.4) is 0 Å². The molecule has 0 bridgehead atoms. The summed E-state index contributed by atoms with van der Waals surface area (Å²) in [5.41, 5.74) is 8.81. The number of rotatable bonds is 5. The fourth-order valence-electron chi connectivity index (χ4n) is 7.57. The van der Waals surface area contributed by atoms with Crippen LogP contribution in [0.1, 0.15) is 31.8 Å². The topological polar surface area (TPSA) is 89.9 Å². The molecule has 0 N–H and O–H groups in total. The molecule has 0 radical (unpaired) electrons. The maximum Gasteiger partial charge on any atom is 0.268 e. The number of benzene rings is 7. The molecule has 52 heavy (non-hydrogen) atoms. The first-order valence-electron chi connectivity index (χ1n) is 16.8. The number of amides is 2. The predicted molar refractivity (Wildman–Crippen MR) is 204 cm³/mol. The number of imide groups is 1. The molecule has 7 aromatic carbocycles. The summed E-state index contributed by atoms with van der Waals surface area (Å²) in [6.45, 7) is 0. The molecule has 242 valence electrons. The minimum absolute atomic E-state index is 0.298. The summed E-state index contributed by atoms with van der Waals surface area (Å²) in [5, 5.41) is 21.6. The van der Waals surface area contributed by atoms with Crippen molar-refractivity contribution in [3.05, 3.63) is 180 Å². The van der Waals surface area contributed by atoms with Gasteiger partial charge >= 0.3 is 0 Å². The van der Waals surface area contributed by atoms with E-state index < -0.39 is 11.8 Å². The van der Waals surface area contributed by atoms with Crippen LogP contribution in [0.2, 0.25) is 0 Å². The summed E-state index contributed by atoms with van der Waals surface area (Å²) in [7, 11) is 0. The van der Waals surface area contributed by atoms with E-state index in [0.29, 0.717) is 39.2 Å². The average Bonchev–Trinajstić information content (AvgIpc) is 3.68. The molecule has 1 aliphatic heterocycles. The van der Waals surface area contributed by atoms with Gasteiger partial charge < -0.3 is 4.57 Å². The Morgan fingerprint density at radius 3 is 1.77 bits per heavy atom. The standard InChI is InChI=1S/C46H26N4O2/c47-27-29-24-25-33(32(26-29)28-48)37-19-10-20-38-36-16-7-8-22-40(36)49(44(37)38)41-23-11-21-39-42(41)46(52)50(45(39)51)43-34(30-12-3-1-4-13-30)17-9-18-35(43)31-14-5-2-6-15-31/h1-26H. The molecule has 0 aliphatic carbocycles. The minimum atomic E-state index is -0.421. The molecule has 1 aliphatic rings. The Labute approximate surface area is 299 Å². The quantitative estimate of drug-likeness (QED) is 0.171. The van der Waals surface area contributed by atoms with Gasteiger partial charge in [0.2, 0.25) is 0 Å². The molecule has 6 nitrogen and oxygen atoms in total. The van der Waals surface area contributed by atoms with Crippen molar-refractivity contribution in [1.29, 1.82) is 10.5 Å². The van der Waals surface area contributed by atoms with E-state index in [-0.39, 0.29) is 0 Å². The molecule has 2 amide bonds. The van der Waals surface area contributed by atoms with Crippen LogP contribution in [0.25, 0.3) is 60.9 Å². The normalized spacial score (nSPS) is 12.2. The Hall–Kier alpha value is -7.54. The van der Waals surface area contributed by atoms with Crippen molar-refractivity contribution in [3.63, 3.8) is 0 Å². The van der Waals surface area contributed by atoms with Gasteiger partial charge in [0, 0.05) is 33.0 Å². The Morgan fingerprint density at radius 1 is 0.481 bits per heavy atom. The van der Waals surface area contributed by atoms with E-state index in [4.69, 9.17) is 0 Å². The van der Waals surface area contributed by atoms with Crippen molar-refractivity contribution in [2.24, 2.45) is 0 Å². The smallest absolute Gasteiger partial charge is 0.268 e. The van der Waals surface area contributed by atoms with Gasteiger partial charge in [0.05, 0.1) is 56.8 Å². The van der Waals surface area contributed by atoms with Gasteiger partial charge in [-0.2, -0.15) is 10.5 Å². The fraction of sp³-hybridized carbons (Fsp3) is 0. The third kappa shape index (κ3) is 4.56. The van der Waals surface area contributed by atoms with Gasteiger partial charge in [-0.3, -0.25) is 9.59 Å². The number of nitrogens with zero attached hydrogens (tertiary/aromatic N) is 4. The summed E-state index contributed by atoms with van der Waals surface area (Å²) in [6.07, 6.45) is 0. The van der Waals surface area contributed by atoms with Gasteiger partial charge in [-0.25, -0.2) is 4.90 Å². The molecule has 9 rings (SSSR count). The summed E-state index contributed by atoms with van der Waals surface area (Å²) < 4.78 is 2.04. The van der Waals surface area contributed by atoms with Crippen molar-refractivity contribution >= 4 is 39.3 Å². The van der Waals surface area contributed by atoms with Crippen molar-refractivity contribution in [3.8, 4) is 51.2 Å². The molecule has 2 heterocycles. The van der Waals surface area contributed by atoms with E-state index in [1.807, 2.05) is 138 Å². The zero-order chi connectivity index (χ0) is 35.3. The third-order valence-electron chi connectivity index (χ3n) is 9.82. The van der Waals surface area contributed by atoms with E-state index in [9.17, 15) is 15.3 Å². The number of anilines is 1. The van der Waals surface area contributed by atoms with Crippen molar-refractivity contribution in [2.75, 3.05) is 4.90 Å². The second-order valence-electron chi connectivity index (χ2n) is 12.6. The van der Waals surface area contributed by atoms with Crippen LogP contribution in [-0.4, -0.2) is 16.4 Å². The lowest BCUT2D eigenvalue weighted by Gasteiger charge is -2.23. The predicted octanol–water partition coefficient (Wildman–Crippen LogP) is 10.3. The van der Waals surface area contributed by atoms with E-state index in [2.05, 4.69) is 12.1 Å². The summed E-state index contributed by atoms with van der Waals surface area (Å²) in [4.78, 5) is 31.1. The largest absolute Gasteiger partial charge is 0.308 e. The van der Waals surface area contributed by atoms with E-state index >= 15 is 4.79 Å². The van der Waals surface area contributed by atoms with Gasteiger partial charge in [0.25, 0.3) is 11.8 Å². The summed E-state index contributed by atoms with van der Waals surface area (Å²) in [5.74, 6) is -0.821. The number of carbonyl (C=O) groups excluding carboxylic acids is 2. The summed E-state index contributed by atoms with van der Waals surface area (Å²) in [6, 6.07) is 54.2. The second kappa shape index (κ2) is 12.1. The lowest BCUT2D eigenvalue weighted by Crippen LogP contribution is -2.30. The highest BCUT2D eigenvalue weighted by atomic mass is 16.2. The lowest BCUT2D eigenvalue weighted by atomic mass is 9.95. The van der Waals surface area contributed by atoms with Crippen molar-refractivity contribution < 1.29 is 9.59 Å². The minimum Gasteiger partial charge on any atom is -0.308 e. The molecule has 1 aromatic heterocycles. The Kier molecular flexibility index (Phi) is 7.10. The number of hydrogen-bond donors (Lipinski definition) is 0. The highest BCUT2D eigenvalue weighted by Gasteiger charge is 2.41. The molecule has 0 atom stereocenters. The van der Waals surface area contributed by atoms with Crippen LogP contribution in [0.15, 0.2) is 158 Å². The van der Waals surface area contributed by atoms with E-state index in [0.717, 1.165) is 49.6 Å². The first-order chi connectivity index (χ1) is 25.6. The molecule has 0 unspecified atom stereocenters. The van der Waals surface area contributed by atoms with Gasteiger partial charge in [-0.15, -0.1) is 0 Å². The lowest BCUT2D eigenvalue weighted by molar-refractivity contribution is 0.0926. The molecule has 0 fully saturated rings. The molecule has 0 saturated heterocycles. The van der Waals surface area contributed by atoms with Crippen LogP contribution >= 0.6 is 0 Å². The van der Waals surface area contributed by atoms with Crippen molar-refractivity contribution in [1.82, 2.24) is 4.57 Å². The molecule has 8 aromatic rings. The average molecular weight is 667 g/mol. The molecule has 0 spiro atoms. The van der Waals surface area contributed by atoms with Crippen LogP contribution in [-0.2, 0) is 0 Å². The SMILES string of the molecule is N#Cc1ccc(-c2cccc3c4ccccc4n(-c4cccc5c4C(=O)N(c4c(-c6ccccc6)cccc4-c4ccccc4)C5=O)c23)c(C#N)c1. The zero-order valence-corrected chi connectivity index (χ0v) is 27.6. The first kappa shape index (κ1) is 30.5. The fourth-order valence-corrected chi connectivity index (χ4v) is 7.57. The Bertz CT molecular complexity index is 2800. The van der Waals surface area contributed by atoms with Gasteiger partial charge in [0.1, 0.15) is 0 Å². The van der Waals surface area contributed by atoms with Gasteiger partial charge in [0.15, 0.2) is 0 Å². The second-order valence-corrected chi connectivity index (χ2v) is 12.6.